The van der Waals surface area contributed by atoms with Crippen molar-refractivity contribution in [1.82, 2.24) is 0 Å². The average Bonchev–Trinajstić information content (AvgIpc) is 2.40. The van der Waals surface area contributed by atoms with Gasteiger partial charge in [-0.1, -0.05) is 0 Å². The third-order valence-corrected chi connectivity index (χ3v) is 3.01. The van der Waals surface area contributed by atoms with Gasteiger partial charge in [0.05, 0.1) is 12.7 Å². The van der Waals surface area contributed by atoms with Gasteiger partial charge in [-0.15, -0.1) is 0 Å². The van der Waals surface area contributed by atoms with Crippen LogP contribution in [0, 0.1) is 11.3 Å². The summed E-state index contributed by atoms with van der Waals surface area (Å²) in [7, 11) is 1.62. The van der Waals surface area contributed by atoms with Crippen molar-refractivity contribution in [2.24, 2.45) is 0 Å². The first-order chi connectivity index (χ1) is 8.72. The Morgan fingerprint density at radius 1 is 1.00 bits per heavy atom. The molecule has 0 saturated carbocycles. The minimum atomic E-state index is 0.581. The van der Waals surface area contributed by atoms with Crippen LogP contribution in [0.4, 0.5) is 0 Å². The molecule has 0 atom stereocenters. The first kappa shape index (κ1) is 12.5. The lowest BCUT2D eigenvalue weighted by molar-refractivity contribution is 0.413. The van der Waals surface area contributed by atoms with Crippen LogP contribution in [0.15, 0.2) is 46.9 Å². The third-order valence-electron chi connectivity index (χ3n) is 2.36. The van der Waals surface area contributed by atoms with Crippen LogP contribution in [0.2, 0.25) is 0 Å². The van der Waals surface area contributed by atoms with E-state index in [0.29, 0.717) is 17.1 Å². The van der Waals surface area contributed by atoms with E-state index in [4.69, 9.17) is 14.7 Å². The van der Waals surface area contributed by atoms with Gasteiger partial charge in [0.1, 0.15) is 23.3 Å². The van der Waals surface area contributed by atoms with Crippen molar-refractivity contribution in [3.8, 4) is 23.3 Å². The van der Waals surface area contributed by atoms with E-state index in [1.54, 1.807) is 25.3 Å². The molecule has 0 unspecified atom stereocenters. The van der Waals surface area contributed by atoms with Gasteiger partial charge in [-0.2, -0.15) is 5.26 Å². The van der Waals surface area contributed by atoms with E-state index in [1.807, 2.05) is 24.3 Å². The second-order valence-electron chi connectivity index (χ2n) is 3.53. The summed E-state index contributed by atoms with van der Waals surface area (Å²) < 4.78 is 11.5. The quantitative estimate of drug-likeness (QED) is 0.856. The number of nitrogens with zero attached hydrogens (tertiary/aromatic N) is 1. The summed E-state index contributed by atoms with van der Waals surface area (Å²) >= 11 is 3.32. The van der Waals surface area contributed by atoms with Gasteiger partial charge >= 0.3 is 0 Å². The maximum atomic E-state index is 8.82. The number of benzene rings is 2. The molecule has 0 heterocycles. The fourth-order valence-electron chi connectivity index (χ4n) is 1.43. The van der Waals surface area contributed by atoms with E-state index in [9.17, 15) is 0 Å². The second kappa shape index (κ2) is 5.56. The van der Waals surface area contributed by atoms with Crippen molar-refractivity contribution in [2.75, 3.05) is 7.11 Å². The molecule has 18 heavy (non-hydrogen) atoms. The fourth-order valence-corrected chi connectivity index (χ4v) is 1.88. The van der Waals surface area contributed by atoms with Crippen LogP contribution in [-0.4, -0.2) is 7.11 Å². The van der Waals surface area contributed by atoms with E-state index < -0.39 is 0 Å². The van der Waals surface area contributed by atoms with E-state index in [-0.39, 0.29) is 0 Å². The van der Waals surface area contributed by atoms with E-state index in [1.165, 1.54) is 0 Å². The lowest BCUT2D eigenvalue weighted by Crippen LogP contribution is -1.87. The summed E-state index contributed by atoms with van der Waals surface area (Å²) in [5.41, 5.74) is 0.581. The lowest BCUT2D eigenvalue weighted by Gasteiger charge is -2.07. The Hall–Kier alpha value is -1.99. The average molecular weight is 304 g/mol. The van der Waals surface area contributed by atoms with E-state index in [0.717, 1.165) is 10.2 Å². The molecule has 0 spiro atoms. The van der Waals surface area contributed by atoms with Gasteiger partial charge < -0.3 is 9.47 Å². The zero-order valence-corrected chi connectivity index (χ0v) is 11.3. The van der Waals surface area contributed by atoms with Gasteiger partial charge in [0.25, 0.3) is 0 Å². The predicted octanol–water partition coefficient (Wildman–Crippen LogP) is 4.12. The Balaban J connectivity index is 2.18. The molecule has 90 valence electrons. The molecular weight excluding hydrogens is 294 g/mol. The van der Waals surface area contributed by atoms with Crippen LogP contribution in [0.5, 0.6) is 17.2 Å². The van der Waals surface area contributed by atoms with Crippen molar-refractivity contribution in [1.29, 1.82) is 5.26 Å². The maximum Gasteiger partial charge on any atom is 0.128 e. The van der Waals surface area contributed by atoms with Crippen molar-refractivity contribution >= 4 is 15.9 Å². The van der Waals surface area contributed by atoms with Crippen molar-refractivity contribution in [3.63, 3.8) is 0 Å². The Morgan fingerprint density at radius 3 is 2.17 bits per heavy atom. The monoisotopic (exact) mass is 303 g/mol. The normalized spacial score (nSPS) is 9.61. The zero-order chi connectivity index (χ0) is 13.0. The Kier molecular flexibility index (Phi) is 3.85. The van der Waals surface area contributed by atoms with Crippen molar-refractivity contribution < 1.29 is 9.47 Å². The molecule has 2 aromatic rings. The van der Waals surface area contributed by atoms with Crippen LogP contribution in [-0.2, 0) is 0 Å². The summed E-state index contributed by atoms with van der Waals surface area (Å²) in [4.78, 5) is 0. The van der Waals surface area contributed by atoms with Gasteiger partial charge in [0.15, 0.2) is 0 Å². The van der Waals surface area contributed by atoms with Gasteiger partial charge in [0, 0.05) is 4.47 Å². The highest BCUT2D eigenvalue weighted by Gasteiger charge is 2.03. The Morgan fingerprint density at radius 2 is 1.61 bits per heavy atom. The molecule has 0 amide bonds. The molecule has 2 rings (SSSR count). The van der Waals surface area contributed by atoms with Gasteiger partial charge in [-0.25, -0.2) is 0 Å². The number of halogens is 1. The second-order valence-corrected chi connectivity index (χ2v) is 4.39. The first-order valence-electron chi connectivity index (χ1n) is 5.24. The fraction of sp³-hybridized carbons (Fsp3) is 0.0714. The van der Waals surface area contributed by atoms with Crippen LogP contribution < -0.4 is 9.47 Å². The van der Waals surface area contributed by atoms with Crippen LogP contribution in [0.25, 0.3) is 0 Å². The number of hydrogen-bond acceptors (Lipinski definition) is 3. The zero-order valence-electron chi connectivity index (χ0n) is 9.68. The molecule has 0 saturated heterocycles. The smallest absolute Gasteiger partial charge is 0.128 e. The largest absolute Gasteiger partial charge is 0.497 e. The van der Waals surface area contributed by atoms with Crippen LogP contribution in [0.1, 0.15) is 5.56 Å². The SMILES string of the molecule is COc1ccc(Oc2ccc(C#N)c(Br)c2)cc1. The highest BCUT2D eigenvalue weighted by Crippen LogP contribution is 2.27. The Labute approximate surface area is 114 Å². The number of ether oxygens (including phenoxy) is 2. The summed E-state index contributed by atoms with van der Waals surface area (Å²) in [6, 6.07) is 14.6. The minimum absolute atomic E-state index is 0.581. The van der Waals surface area contributed by atoms with Crippen LogP contribution >= 0.6 is 15.9 Å². The summed E-state index contributed by atoms with van der Waals surface area (Å²) in [6.07, 6.45) is 0. The molecule has 0 radical (unpaired) electrons. The molecule has 0 aromatic heterocycles. The number of rotatable bonds is 3. The van der Waals surface area contributed by atoms with Gasteiger partial charge in [-0.3, -0.25) is 0 Å². The van der Waals surface area contributed by atoms with E-state index in [2.05, 4.69) is 22.0 Å². The highest BCUT2D eigenvalue weighted by molar-refractivity contribution is 9.10. The number of hydrogen-bond donors (Lipinski definition) is 0. The first-order valence-corrected chi connectivity index (χ1v) is 6.04. The standard InChI is InChI=1S/C14H10BrNO2/c1-17-11-4-6-12(7-5-11)18-13-3-2-10(9-16)14(15)8-13/h2-8H,1H3. The highest BCUT2D eigenvalue weighted by atomic mass is 79.9. The molecule has 0 aliphatic heterocycles. The van der Waals surface area contributed by atoms with E-state index >= 15 is 0 Å². The molecule has 3 nitrogen and oxygen atoms in total. The molecule has 0 aliphatic carbocycles. The number of methoxy groups -OCH3 is 1. The number of nitriles is 1. The van der Waals surface area contributed by atoms with Crippen LogP contribution in [0.3, 0.4) is 0 Å². The topological polar surface area (TPSA) is 42.2 Å². The molecule has 0 N–H and O–H groups in total. The Bertz CT molecular complexity index is 588. The molecular formula is C14H10BrNO2. The third kappa shape index (κ3) is 2.82. The van der Waals surface area contributed by atoms with Gasteiger partial charge in [-0.05, 0) is 58.4 Å². The summed E-state index contributed by atoms with van der Waals surface area (Å²) in [5.74, 6) is 2.17. The molecule has 4 heteroatoms. The molecule has 0 bridgehead atoms. The predicted molar refractivity (Wildman–Crippen MR) is 71.9 cm³/mol. The molecule has 2 aromatic carbocycles. The summed E-state index contributed by atoms with van der Waals surface area (Å²) in [6.45, 7) is 0. The lowest BCUT2D eigenvalue weighted by atomic mass is 10.2. The van der Waals surface area contributed by atoms with Crippen molar-refractivity contribution in [2.45, 2.75) is 0 Å². The maximum absolute atomic E-state index is 8.82. The molecule has 0 aliphatic rings. The van der Waals surface area contributed by atoms with Gasteiger partial charge in [0.2, 0.25) is 0 Å². The summed E-state index contributed by atoms with van der Waals surface area (Å²) in [5, 5.41) is 8.82. The van der Waals surface area contributed by atoms with Crippen molar-refractivity contribution in [3.05, 3.63) is 52.5 Å². The molecule has 0 fully saturated rings. The minimum Gasteiger partial charge on any atom is -0.497 e.